The van der Waals surface area contributed by atoms with Gasteiger partial charge in [0.15, 0.2) is 0 Å². The lowest BCUT2D eigenvalue weighted by atomic mass is 10.1. The Hall–Kier alpha value is -1.14. The number of sulfonamides is 1. The predicted molar refractivity (Wildman–Crippen MR) is 79.4 cm³/mol. The number of benzene rings is 1. The lowest BCUT2D eigenvalue weighted by molar-refractivity contribution is 0.337. The molecule has 0 aromatic heterocycles. The van der Waals surface area contributed by atoms with Crippen LogP contribution in [0, 0.1) is 18.7 Å². The van der Waals surface area contributed by atoms with Gasteiger partial charge in [-0.2, -0.15) is 4.31 Å². The van der Waals surface area contributed by atoms with Crippen LogP contribution in [-0.4, -0.2) is 25.8 Å². The summed E-state index contributed by atoms with van der Waals surface area (Å²) in [5, 5.41) is 0. The third-order valence-electron chi connectivity index (χ3n) is 3.38. The van der Waals surface area contributed by atoms with Crippen molar-refractivity contribution < 1.29 is 12.8 Å². The Labute approximate surface area is 120 Å². The Bertz CT molecular complexity index is 585. The molecule has 0 spiro atoms. The Morgan fingerprint density at radius 3 is 2.35 bits per heavy atom. The molecule has 6 heteroatoms. The molecule has 0 radical (unpaired) electrons. The minimum absolute atomic E-state index is 0.0644. The third-order valence-corrected chi connectivity index (χ3v) is 5.50. The zero-order valence-electron chi connectivity index (χ0n) is 12.6. The zero-order chi connectivity index (χ0) is 15.7. The summed E-state index contributed by atoms with van der Waals surface area (Å²) in [6.45, 7) is 7.51. The van der Waals surface area contributed by atoms with Gasteiger partial charge in [-0.05, 0) is 43.9 Å². The van der Waals surface area contributed by atoms with E-state index >= 15 is 0 Å². The molecular formula is C14H23FN2O2S. The van der Waals surface area contributed by atoms with Crippen LogP contribution >= 0.6 is 0 Å². The number of nitrogens with zero attached hydrogens (tertiary/aromatic N) is 1. The van der Waals surface area contributed by atoms with Crippen LogP contribution in [0.25, 0.3) is 0 Å². The molecule has 0 fully saturated rings. The van der Waals surface area contributed by atoms with Crippen molar-refractivity contribution in [2.75, 3.05) is 12.8 Å². The number of halogens is 1. The van der Waals surface area contributed by atoms with E-state index in [1.807, 2.05) is 20.8 Å². The van der Waals surface area contributed by atoms with Gasteiger partial charge in [-0.3, -0.25) is 0 Å². The molecule has 114 valence electrons. The Balaban J connectivity index is 3.20. The van der Waals surface area contributed by atoms with Crippen LogP contribution in [0.5, 0.6) is 0 Å². The van der Waals surface area contributed by atoms with E-state index in [4.69, 9.17) is 5.73 Å². The first kappa shape index (κ1) is 16.9. The van der Waals surface area contributed by atoms with Gasteiger partial charge in [0.05, 0.1) is 10.6 Å². The molecule has 0 bridgehead atoms. The number of hydrogen-bond acceptors (Lipinski definition) is 3. The van der Waals surface area contributed by atoms with Crippen molar-refractivity contribution >= 4 is 15.7 Å². The predicted octanol–water partition coefficient (Wildman–Crippen LogP) is 2.77. The molecule has 1 aromatic rings. The van der Waals surface area contributed by atoms with Crippen molar-refractivity contribution in [3.05, 3.63) is 23.5 Å². The van der Waals surface area contributed by atoms with Crippen LogP contribution in [0.3, 0.4) is 0 Å². The van der Waals surface area contributed by atoms with E-state index in [9.17, 15) is 12.8 Å². The van der Waals surface area contributed by atoms with Crippen LogP contribution in [0.2, 0.25) is 0 Å². The van der Waals surface area contributed by atoms with Crippen LogP contribution < -0.4 is 5.73 Å². The van der Waals surface area contributed by atoms with Gasteiger partial charge in [-0.15, -0.1) is 0 Å². The summed E-state index contributed by atoms with van der Waals surface area (Å²) in [6.07, 6.45) is 0.755. The molecule has 0 saturated heterocycles. The van der Waals surface area contributed by atoms with Crippen LogP contribution in [0.1, 0.15) is 32.8 Å². The van der Waals surface area contributed by atoms with Crippen LogP contribution in [0.4, 0.5) is 10.1 Å². The van der Waals surface area contributed by atoms with E-state index in [1.165, 1.54) is 10.4 Å². The average molecular weight is 302 g/mol. The fourth-order valence-corrected chi connectivity index (χ4v) is 3.78. The lowest BCUT2D eigenvalue weighted by Gasteiger charge is -2.26. The van der Waals surface area contributed by atoms with E-state index < -0.39 is 15.8 Å². The second-order valence-electron chi connectivity index (χ2n) is 5.64. The van der Waals surface area contributed by atoms with Gasteiger partial charge in [0.1, 0.15) is 5.82 Å². The number of nitrogen functional groups attached to an aromatic ring is 1. The number of anilines is 1. The van der Waals surface area contributed by atoms with Gasteiger partial charge >= 0.3 is 0 Å². The van der Waals surface area contributed by atoms with Gasteiger partial charge in [0, 0.05) is 13.1 Å². The zero-order valence-corrected chi connectivity index (χ0v) is 13.5. The van der Waals surface area contributed by atoms with E-state index in [0.717, 1.165) is 12.5 Å². The summed E-state index contributed by atoms with van der Waals surface area (Å²) < 4.78 is 39.8. The van der Waals surface area contributed by atoms with Gasteiger partial charge < -0.3 is 5.73 Å². The van der Waals surface area contributed by atoms with Gasteiger partial charge in [-0.25, -0.2) is 12.8 Å². The minimum Gasteiger partial charge on any atom is -0.396 e. The van der Waals surface area contributed by atoms with Crippen molar-refractivity contribution in [3.63, 3.8) is 0 Å². The first-order valence-corrected chi connectivity index (χ1v) is 8.05. The highest BCUT2D eigenvalue weighted by atomic mass is 32.2. The fourth-order valence-electron chi connectivity index (χ4n) is 2.17. The van der Waals surface area contributed by atoms with Crippen molar-refractivity contribution in [1.82, 2.24) is 4.31 Å². The molecule has 0 aliphatic carbocycles. The highest BCUT2D eigenvalue weighted by Crippen LogP contribution is 2.26. The normalized spacial score (nSPS) is 14.0. The lowest BCUT2D eigenvalue weighted by Crippen LogP contribution is -2.36. The minimum atomic E-state index is -3.67. The van der Waals surface area contributed by atoms with E-state index in [-0.39, 0.29) is 16.6 Å². The van der Waals surface area contributed by atoms with Crippen molar-refractivity contribution in [3.8, 4) is 0 Å². The Kier molecular flexibility index (Phi) is 5.15. The van der Waals surface area contributed by atoms with Crippen LogP contribution in [0.15, 0.2) is 17.0 Å². The molecule has 0 heterocycles. The van der Waals surface area contributed by atoms with Crippen molar-refractivity contribution in [2.45, 2.75) is 45.1 Å². The van der Waals surface area contributed by atoms with Crippen molar-refractivity contribution in [2.24, 2.45) is 5.92 Å². The second kappa shape index (κ2) is 6.10. The monoisotopic (exact) mass is 302 g/mol. The average Bonchev–Trinajstić information content (AvgIpc) is 2.31. The van der Waals surface area contributed by atoms with Gasteiger partial charge in [0.2, 0.25) is 10.0 Å². The van der Waals surface area contributed by atoms with Gasteiger partial charge in [-0.1, -0.05) is 13.8 Å². The number of nitrogens with two attached hydrogens (primary N) is 1. The third kappa shape index (κ3) is 3.49. The molecule has 0 aliphatic rings. The maximum absolute atomic E-state index is 13.3. The summed E-state index contributed by atoms with van der Waals surface area (Å²) in [4.78, 5) is 0.0644. The highest BCUT2D eigenvalue weighted by Gasteiger charge is 2.28. The number of rotatable bonds is 5. The first-order valence-electron chi connectivity index (χ1n) is 6.61. The largest absolute Gasteiger partial charge is 0.396 e. The Morgan fingerprint density at radius 2 is 1.85 bits per heavy atom. The summed E-state index contributed by atoms with van der Waals surface area (Å²) in [7, 11) is -2.12. The molecule has 1 aromatic carbocycles. The summed E-state index contributed by atoms with van der Waals surface area (Å²) >= 11 is 0. The van der Waals surface area contributed by atoms with E-state index in [2.05, 4.69) is 0 Å². The van der Waals surface area contributed by atoms with E-state index in [0.29, 0.717) is 11.5 Å². The fraction of sp³-hybridized carbons (Fsp3) is 0.571. The highest BCUT2D eigenvalue weighted by molar-refractivity contribution is 7.89. The molecule has 0 aliphatic heterocycles. The Morgan fingerprint density at radius 1 is 1.30 bits per heavy atom. The maximum atomic E-state index is 13.3. The smallest absolute Gasteiger partial charge is 0.243 e. The summed E-state index contributed by atoms with van der Waals surface area (Å²) in [6, 6.07) is 2.22. The molecule has 2 N–H and O–H groups in total. The van der Waals surface area contributed by atoms with E-state index in [1.54, 1.807) is 14.0 Å². The summed E-state index contributed by atoms with van der Waals surface area (Å²) in [5.74, 6) is -0.207. The topological polar surface area (TPSA) is 63.4 Å². The molecule has 4 nitrogen and oxygen atoms in total. The first-order chi connectivity index (χ1) is 9.07. The molecule has 20 heavy (non-hydrogen) atoms. The second-order valence-corrected chi connectivity index (χ2v) is 7.60. The summed E-state index contributed by atoms with van der Waals surface area (Å²) in [5.41, 5.74) is 5.69. The molecular weight excluding hydrogens is 279 g/mol. The molecule has 1 atom stereocenters. The standard InChI is InChI=1S/C14H23FN2O2S/c1-9(2)6-11(4)17(5)20(18,19)14-8-13(16)12(15)7-10(14)3/h7-9,11H,6,16H2,1-5H3. The molecule has 0 amide bonds. The SMILES string of the molecule is Cc1cc(F)c(N)cc1S(=O)(=O)N(C)C(C)CC(C)C. The number of hydrogen-bond donors (Lipinski definition) is 1. The van der Waals surface area contributed by atoms with Crippen LogP contribution in [-0.2, 0) is 10.0 Å². The molecule has 0 saturated carbocycles. The van der Waals surface area contributed by atoms with Gasteiger partial charge in [0.25, 0.3) is 0 Å². The number of aryl methyl sites for hydroxylation is 1. The van der Waals surface area contributed by atoms with Crippen molar-refractivity contribution in [1.29, 1.82) is 0 Å². The molecule has 1 rings (SSSR count). The molecule has 1 unspecified atom stereocenters. The quantitative estimate of drug-likeness (QED) is 0.851. The maximum Gasteiger partial charge on any atom is 0.243 e.